The average Bonchev–Trinajstić information content (AvgIpc) is 2.93. The summed E-state index contributed by atoms with van der Waals surface area (Å²) in [6.45, 7) is 1.19. The van der Waals surface area contributed by atoms with Gasteiger partial charge < -0.3 is 11.1 Å². The fourth-order valence-corrected chi connectivity index (χ4v) is 4.10. The zero-order valence-corrected chi connectivity index (χ0v) is 8.91. The zero-order chi connectivity index (χ0) is 9.54. The molecule has 2 bridgehead atoms. The topological polar surface area (TPSA) is 38.0 Å². The van der Waals surface area contributed by atoms with Gasteiger partial charge in [0.2, 0.25) is 0 Å². The van der Waals surface area contributed by atoms with Crippen LogP contribution >= 0.6 is 0 Å². The van der Waals surface area contributed by atoms with E-state index in [1.165, 1.54) is 45.1 Å². The van der Waals surface area contributed by atoms with E-state index in [1.807, 2.05) is 0 Å². The predicted molar refractivity (Wildman–Crippen MR) is 57.9 cm³/mol. The minimum atomic E-state index is 0.452. The van der Waals surface area contributed by atoms with Crippen molar-refractivity contribution in [1.29, 1.82) is 0 Å². The van der Waals surface area contributed by atoms with Crippen LogP contribution in [-0.2, 0) is 0 Å². The monoisotopic (exact) mass is 194 g/mol. The summed E-state index contributed by atoms with van der Waals surface area (Å²) in [5.41, 5.74) is 6.41. The number of fused-ring (bicyclic) bond motifs is 2. The highest BCUT2D eigenvalue weighted by Crippen LogP contribution is 2.49. The molecule has 3 fully saturated rings. The number of rotatable bonds is 2. The molecular formula is C12H22N2. The molecule has 2 aliphatic carbocycles. The first-order valence-electron chi connectivity index (χ1n) is 6.33. The quantitative estimate of drug-likeness (QED) is 0.699. The highest BCUT2D eigenvalue weighted by Gasteiger charge is 2.44. The van der Waals surface area contributed by atoms with Crippen molar-refractivity contribution >= 4 is 0 Å². The van der Waals surface area contributed by atoms with Gasteiger partial charge in [0.1, 0.15) is 0 Å². The first kappa shape index (κ1) is 9.17. The SMILES string of the molecule is NC(C1CCCN1)C1CC2CCC1C2. The van der Waals surface area contributed by atoms with Crippen molar-refractivity contribution in [2.24, 2.45) is 23.5 Å². The molecule has 3 N–H and O–H groups in total. The van der Waals surface area contributed by atoms with Crippen molar-refractivity contribution in [2.45, 2.75) is 50.6 Å². The summed E-state index contributed by atoms with van der Waals surface area (Å²) in [6.07, 6.45) is 8.53. The van der Waals surface area contributed by atoms with Crippen LogP contribution in [0.5, 0.6) is 0 Å². The van der Waals surface area contributed by atoms with E-state index >= 15 is 0 Å². The smallest absolute Gasteiger partial charge is 0.0225 e. The zero-order valence-electron chi connectivity index (χ0n) is 8.91. The first-order valence-corrected chi connectivity index (χ1v) is 6.33. The van der Waals surface area contributed by atoms with Gasteiger partial charge in [-0.3, -0.25) is 0 Å². The van der Waals surface area contributed by atoms with Crippen molar-refractivity contribution in [3.05, 3.63) is 0 Å². The summed E-state index contributed by atoms with van der Waals surface area (Å²) >= 11 is 0. The molecule has 1 aliphatic heterocycles. The van der Waals surface area contributed by atoms with Gasteiger partial charge >= 0.3 is 0 Å². The van der Waals surface area contributed by atoms with E-state index in [0.717, 1.165) is 17.8 Å². The standard InChI is InChI=1S/C12H22N2/c13-12(11-2-1-5-14-11)10-7-8-3-4-9(10)6-8/h8-12,14H,1-7,13H2. The van der Waals surface area contributed by atoms with Gasteiger partial charge in [0.05, 0.1) is 0 Å². The molecule has 2 nitrogen and oxygen atoms in total. The Balaban J connectivity index is 1.64. The van der Waals surface area contributed by atoms with E-state index in [9.17, 15) is 0 Å². The van der Waals surface area contributed by atoms with E-state index in [-0.39, 0.29) is 0 Å². The normalized spacial score (nSPS) is 48.6. The summed E-state index contributed by atoms with van der Waals surface area (Å²) in [5, 5.41) is 3.57. The Morgan fingerprint density at radius 2 is 2.07 bits per heavy atom. The Morgan fingerprint density at radius 3 is 2.64 bits per heavy atom. The fraction of sp³-hybridized carbons (Fsp3) is 1.00. The molecule has 1 heterocycles. The molecule has 3 aliphatic rings. The lowest BCUT2D eigenvalue weighted by Gasteiger charge is -2.31. The molecule has 0 aromatic carbocycles. The van der Waals surface area contributed by atoms with Crippen molar-refractivity contribution in [3.8, 4) is 0 Å². The van der Waals surface area contributed by atoms with Crippen molar-refractivity contribution in [2.75, 3.05) is 6.54 Å². The second-order valence-corrected chi connectivity index (χ2v) is 5.62. The maximum atomic E-state index is 6.41. The van der Waals surface area contributed by atoms with Gasteiger partial charge in [-0.2, -0.15) is 0 Å². The fourth-order valence-electron chi connectivity index (χ4n) is 4.10. The second-order valence-electron chi connectivity index (χ2n) is 5.62. The Kier molecular flexibility index (Phi) is 2.29. The number of nitrogens with two attached hydrogens (primary N) is 1. The highest BCUT2D eigenvalue weighted by molar-refractivity contribution is 4.99. The van der Waals surface area contributed by atoms with E-state index < -0.39 is 0 Å². The highest BCUT2D eigenvalue weighted by atomic mass is 15.0. The lowest BCUT2D eigenvalue weighted by molar-refractivity contribution is 0.248. The number of hydrogen-bond acceptors (Lipinski definition) is 2. The van der Waals surface area contributed by atoms with Crippen molar-refractivity contribution in [1.82, 2.24) is 5.32 Å². The third kappa shape index (κ3) is 1.40. The lowest BCUT2D eigenvalue weighted by atomic mass is 9.80. The maximum Gasteiger partial charge on any atom is 0.0225 e. The summed E-state index contributed by atoms with van der Waals surface area (Å²) in [6, 6.07) is 1.09. The summed E-state index contributed by atoms with van der Waals surface area (Å²) in [7, 11) is 0. The Labute approximate surface area is 86.6 Å². The molecule has 14 heavy (non-hydrogen) atoms. The van der Waals surface area contributed by atoms with Gasteiger partial charge in [-0.05, 0) is 56.4 Å². The Morgan fingerprint density at radius 1 is 1.14 bits per heavy atom. The molecule has 0 amide bonds. The van der Waals surface area contributed by atoms with Crippen LogP contribution in [0.15, 0.2) is 0 Å². The molecule has 2 saturated carbocycles. The van der Waals surface area contributed by atoms with Gasteiger partial charge in [-0.1, -0.05) is 6.42 Å². The number of nitrogens with one attached hydrogen (secondary N) is 1. The van der Waals surface area contributed by atoms with Gasteiger partial charge in [0.15, 0.2) is 0 Å². The molecule has 2 heteroatoms. The van der Waals surface area contributed by atoms with E-state index in [1.54, 1.807) is 0 Å². The third-order valence-electron chi connectivity index (χ3n) is 4.85. The summed E-state index contributed by atoms with van der Waals surface area (Å²) in [5.74, 6) is 2.87. The van der Waals surface area contributed by atoms with Crippen LogP contribution in [0.2, 0.25) is 0 Å². The molecule has 5 unspecified atom stereocenters. The summed E-state index contributed by atoms with van der Waals surface area (Å²) < 4.78 is 0. The van der Waals surface area contributed by atoms with Gasteiger partial charge in [0.25, 0.3) is 0 Å². The molecule has 0 aromatic rings. The molecule has 5 atom stereocenters. The molecule has 0 radical (unpaired) electrons. The maximum absolute atomic E-state index is 6.41. The Hall–Kier alpha value is -0.0800. The van der Waals surface area contributed by atoms with Crippen LogP contribution in [0, 0.1) is 17.8 Å². The van der Waals surface area contributed by atoms with Crippen LogP contribution < -0.4 is 11.1 Å². The van der Waals surface area contributed by atoms with E-state index in [2.05, 4.69) is 5.32 Å². The van der Waals surface area contributed by atoms with Gasteiger partial charge in [-0.25, -0.2) is 0 Å². The van der Waals surface area contributed by atoms with Crippen LogP contribution in [-0.4, -0.2) is 18.6 Å². The lowest BCUT2D eigenvalue weighted by Crippen LogP contribution is -2.47. The average molecular weight is 194 g/mol. The first-order chi connectivity index (χ1) is 6.84. The van der Waals surface area contributed by atoms with E-state index in [0.29, 0.717) is 12.1 Å². The van der Waals surface area contributed by atoms with Crippen molar-refractivity contribution < 1.29 is 0 Å². The largest absolute Gasteiger partial charge is 0.326 e. The van der Waals surface area contributed by atoms with Gasteiger partial charge in [-0.15, -0.1) is 0 Å². The molecular weight excluding hydrogens is 172 g/mol. The third-order valence-corrected chi connectivity index (χ3v) is 4.85. The summed E-state index contributed by atoms with van der Waals surface area (Å²) in [4.78, 5) is 0. The van der Waals surface area contributed by atoms with Crippen LogP contribution in [0.1, 0.15) is 38.5 Å². The molecule has 1 saturated heterocycles. The molecule has 0 spiro atoms. The predicted octanol–water partition coefficient (Wildman–Crippen LogP) is 1.50. The van der Waals surface area contributed by atoms with Crippen molar-refractivity contribution in [3.63, 3.8) is 0 Å². The minimum Gasteiger partial charge on any atom is -0.326 e. The van der Waals surface area contributed by atoms with E-state index in [4.69, 9.17) is 5.73 Å². The molecule has 0 aromatic heterocycles. The van der Waals surface area contributed by atoms with Gasteiger partial charge in [0, 0.05) is 12.1 Å². The second kappa shape index (κ2) is 3.49. The molecule has 3 rings (SSSR count). The number of hydrogen-bond donors (Lipinski definition) is 2. The van der Waals surface area contributed by atoms with Crippen LogP contribution in [0.25, 0.3) is 0 Å². The molecule has 80 valence electrons. The van der Waals surface area contributed by atoms with Crippen LogP contribution in [0.3, 0.4) is 0 Å². The minimum absolute atomic E-state index is 0.452. The van der Waals surface area contributed by atoms with Crippen LogP contribution in [0.4, 0.5) is 0 Å². The Bertz CT molecular complexity index is 210.